The second-order valence-electron chi connectivity index (χ2n) is 4.33. The van der Waals surface area contributed by atoms with Gasteiger partial charge in [0.05, 0.1) is 5.38 Å². The fourth-order valence-electron chi connectivity index (χ4n) is 1.65. The lowest BCUT2D eigenvalue weighted by molar-refractivity contribution is 0.457. The fourth-order valence-corrected chi connectivity index (χ4v) is 2.36. The largest absolute Gasteiger partial charge is 0.493 e. The minimum Gasteiger partial charge on any atom is -0.493 e. The van der Waals surface area contributed by atoms with Gasteiger partial charge in [-0.3, -0.25) is 0 Å². The SMILES string of the molecule is CC(C)CN(c1ccccc1)c1nc(O)cs1. The van der Waals surface area contributed by atoms with Crippen molar-refractivity contribution in [2.75, 3.05) is 11.4 Å². The Morgan fingerprint density at radius 1 is 1.29 bits per heavy atom. The molecule has 0 amide bonds. The molecule has 0 spiro atoms. The van der Waals surface area contributed by atoms with Gasteiger partial charge in [-0.25, -0.2) is 0 Å². The molecule has 0 unspecified atom stereocenters. The molecule has 2 rings (SSSR count). The third-order valence-corrected chi connectivity index (χ3v) is 3.18. The number of benzene rings is 1. The Bertz CT molecular complexity index is 467. The molecule has 0 aliphatic rings. The van der Waals surface area contributed by atoms with Gasteiger partial charge in [0.25, 0.3) is 0 Å². The van der Waals surface area contributed by atoms with Crippen LogP contribution in [0, 0.1) is 5.92 Å². The smallest absolute Gasteiger partial charge is 0.223 e. The minimum atomic E-state index is 0.0923. The van der Waals surface area contributed by atoms with E-state index in [0.717, 1.165) is 17.4 Å². The first-order valence-electron chi connectivity index (χ1n) is 5.64. The zero-order chi connectivity index (χ0) is 12.3. The number of aromatic nitrogens is 1. The third kappa shape index (κ3) is 2.97. The van der Waals surface area contributed by atoms with Crippen molar-refractivity contribution < 1.29 is 5.11 Å². The highest BCUT2D eigenvalue weighted by Crippen LogP contribution is 2.30. The first kappa shape index (κ1) is 11.9. The molecule has 1 aromatic heterocycles. The maximum absolute atomic E-state index is 9.36. The Hall–Kier alpha value is -1.55. The summed E-state index contributed by atoms with van der Waals surface area (Å²) >= 11 is 1.46. The van der Waals surface area contributed by atoms with E-state index in [1.807, 2.05) is 18.2 Å². The van der Waals surface area contributed by atoms with Gasteiger partial charge in [0.1, 0.15) is 0 Å². The summed E-state index contributed by atoms with van der Waals surface area (Å²) in [5.41, 5.74) is 1.11. The van der Waals surface area contributed by atoms with Crippen molar-refractivity contribution in [3.8, 4) is 5.88 Å². The summed E-state index contributed by atoms with van der Waals surface area (Å²) in [6, 6.07) is 10.1. The Morgan fingerprint density at radius 2 is 2.00 bits per heavy atom. The highest BCUT2D eigenvalue weighted by atomic mass is 32.1. The molecule has 90 valence electrons. The van der Waals surface area contributed by atoms with Crippen LogP contribution in [-0.4, -0.2) is 16.6 Å². The van der Waals surface area contributed by atoms with Gasteiger partial charge in [-0.2, -0.15) is 4.98 Å². The third-order valence-electron chi connectivity index (χ3n) is 2.33. The molecule has 3 nitrogen and oxygen atoms in total. The normalized spacial score (nSPS) is 10.8. The second kappa shape index (κ2) is 5.19. The molecule has 0 radical (unpaired) electrons. The lowest BCUT2D eigenvalue weighted by Gasteiger charge is -2.23. The molecular formula is C13H16N2OS. The maximum atomic E-state index is 9.36. The first-order chi connectivity index (χ1) is 8.16. The Kier molecular flexibility index (Phi) is 3.64. The number of rotatable bonds is 4. The van der Waals surface area contributed by atoms with E-state index in [0.29, 0.717) is 5.92 Å². The van der Waals surface area contributed by atoms with E-state index in [9.17, 15) is 5.11 Å². The van der Waals surface area contributed by atoms with Crippen LogP contribution < -0.4 is 4.90 Å². The van der Waals surface area contributed by atoms with Crippen molar-refractivity contribution >= 4 is 22.2 Å². The van der Waals surface area contributed by atoms with Crippen LogP contribution in [-0.2, 0) is 0 Å². The van der Waals surface area contributed by atoms with Crippen molar-refractivity contribution in [3.63, 3.8) is 0 Å². The Balaban J connectivity index is 2.32. The average Bonchev–Trinajstić information content (AvgIpc) is 2.73. The molecule has 0 atom stereocenters. The van der Waals surface area contributed by atoms with E-state index in [1.54, 1.807) is 5.38 Å². The van der Waals surface area contributed by atoms with Gasteiger partial charge in [-0.05, 0) is 18.1 Å². The molecule has 0 saturated carbocycles. The van der Waals surface area contributed by atoms with Crippen LogP contribution in [0.25, 0.3) is 0 Å². The molecule has 1 N–H and O–H groups in total. The van der Waals surface area contributed by atoms with Crippen molar-refractivity contribution in [1.82, 2.24) is 4.98 Å². The number of hydrogen-bond donors (Lipinski definition) is 1. The molecule has 0 bridgehead atoms. The quantitative estimate of drug-likeness (QED) is 0.897. The van der Waals surface area contributed by atoms with Gasteiger partial charge < -0.3 is 10.0 Å². The van der Waals surface area contributed by atoms with E-state index >= 15 is 0 Å². The van der Waals surface area contributed by atoms with Crippen molar-refractivity contribution in [2.24, 2.45) is 5.92 Å². The van der Waals surface area contributed by atoms with Gasteiger partial charge in [0.15, 0.2) is 5.13 Å². The molecule has 17 heavy (non-hydrogen) atoms. The molecule has 1 aromatic carbocycles. The molecule has 1 heterocycles. The number of para-hydroxylation sites is 1. The van der Waals surface area contributed by atoms with Crippen LogP contribution in [0.3, 0.4) is 0 Å². The number of aromatic hydroxyl groups is 1. The number of hydrogen-bond acceptors (Lipinski definition) is 4. The Labute approximate surface area is 105 Å². The fraction of sp³-hybridized carbons (Fsp3) is 0.308. The van der Waals surface area contributed by atoms with Gasteiger partial charge in [-0.1, -0.05) is 32.0 Å². The van der Waals surface area contributed by atoms with Gasteiger partial charge in [0.2, 0.25) is 5.88 Å². The summed E-state index contributed by atoms with van der Waals surface area (Å²) in [4.78, 5) is 6.27. The standard InChI is InChI=1S/C13H16N2OS/c1-10(2)8-15(11-6-4-3-5-7-11)13-14-12(16)9-17-13/h3-7,9-10,16H,8H2,1-2H3. The first-order valence-corrected chi connectivity index (χ1v) is 6.52. The molecule has 0 aliphatic carbocycles. The highest BCUT2D eigenvalue weighted by Gasteiger charge is 2.14. The van der Waals surface area contributed by atoms with E-state index in [2.05, 4.69) is 35.9 Å². The topological polar surface area (TPSA) is 36.4 Å². The number of anilines is 2. The van der Waals surface area contributed by atoms with Crippen LogP contribution in [0.4, 0.5) is 10.8 Å². The molecule has 2 aromatic rings. The number of thiazole rings is 1. The summed E-state index contributed by atoms with van der Waals surface area (Å²) in [6.45, 7) is 5.23. The maximum Gasteiger partial charge on any atom is 0.223 e. The van der Waals surface area contributed by atoms with Crippen molar-refractivity contribution in [1.29, 1.82) is 0 Å². The van der Waals surface area contributed by atoms with Gasteiger partial charge in [0, 0.05) is 12.2 Å². The molecule has 0 fully saturated rings. The zero-order valence-electron chi connectivity index (χ0n) is 10.00. The predicted octanol–water partition coefficient (Wildman–Crippen LogP) is 3.64. The van der Waals surface area contributed by atoms with Gasteiger partial charge >= 0.3 is 0 Å². The zero-order valence-corrected chi connectivity index (χ0v) is 10.8. The molecule has 0 saturated heterocycles. The van der Waals surface area contributed by atoms with E-state index in [1.165, 1.54) is 11.3 Å². The van der Waals surface area contributed by atoms with Crippen molar-refractivity contribution in [3.05, 3.63) is 35.7 Å². The Morgan fingerprint density at radius 3 is 2.53 bits per heavy atom. The average molecular weight is 248 g/mol. The summed E-state index contributed by atoms with van der Waals surface area (Å²) in [7, 11) is 0. The van der Waals surface area contributed by atoms with Crippen LogP contribution >= 0.6 is 11.3 Å². The summed E-state index contributed by atoms with van der Waals surface area (Å²) < 4.78 is 0. The van der Waals surface area contributed by atoms with Crippen LogP contribution in [0.1, 0.15) is 13.8 Å². The number of nitrogens with zero attached hydrogens (tertiary/aromatic N) is 2. The highest BCUT2D eigenvalue weighted by molar-refractivity contribution is 7.14. The van der Waals surface area contributed by atoms with Crippen LogP contribution in [0.2, 0.25) is 0 Å². The lowest BCUT2D eigenvalue weighted by atomic mass is 10.2. The predicted molar refractivity (Wildman–Crippen MR) is 72.1 cm³/mol. The van der Waals surface area contributed by atoms with Crippen molar-refractivity contribution in [2.45, 2.75) is 13.8 Å². The molecule has 0 aliphatic heterocycles. The van der Waals surface area contributed by atoms with E-state index < -0.39 is 0 Å². The second-order valence-corrected chi connectivity index (χ2v) is 5.16. The van der Waals surface area contributed by atoms with Crippen LogP contribution in [0.5, 0.6) is 5.88 Å². The summed E-state index contributed by atoms with van der Waals surface area (Å²) in [6.07, 6.45) is 0. The van der Waals surface area contributed by atoms with E-state index in [-0.39, 0.29) is 5.88 Å². The summed E-state index contributed by atoms with van der Waals surface area (Å²) in [5, 5.41) is 11.8. The monoisotopic (exact) mass is 248 g/mol. The molecular weight excluding hydrogens is 232 g/mol. The van der Waals surface area contributed by atoms with E-state index in [4.69, 9.17) is 0 Å². The lowest BCUT2D eigenvalue weighted by Crippen LogP contribution is -2.22. The van der Waals surface area contributed by atoms with Gasteiger partial charge in [-0.15, -0.1) is 11.3 Å². The summed E-state index contributed by atoms with van der Waals surface area (Å²) in [5.74, 6) is 0.621. The van der Waals surface area contributed by atoms with Crippen LogP contribution in [0.15, 0.2) is 35.7 Å². The molecule has 4 heteroatoms. The minimum absolute atomic E-state index is 0.0923.